The molecular weight excluding hydrogens is 666 g/mol. The van der Waals surface area contributed by atoms with E-state index >= 15 is 8.78 Å². The minimum atomic E-state index is -5.23. The summed E-state index contributed by atoms with van der Waals surface area (Å²) in [5.41, 5.74) is -0.273. The summed E-state index contributed by atoms with van der Waals surface area (Å²) in [6.07, 6.45) is -5.95. The second kappa shape index (κ2) is 14.2. The van der Waals surface area contributed by atoms with Gasteiger partial charge in [-0.15, -0.1) is 13.2 Å². The summed E-state index contributed by atoms with van der Waals surface area (Å²) in [6, 6.07) is 15.7. The van der Waals surface area contributed by atoms with Crippen LogP contribution in [0.1, 0.15) is 37.3 Å². The average Bonchev–Trinajstić information content (AvgIpc) is 3.01. The Kier molecular flexibility index (Phi) is 10.3. The average molecular weight is 693 g/mol. The van der Waals surface area contributed by atoms with Crippen LogP contribution in [0.4, 0.5) is 43.9 Å². The van der Waals surface area contributed by atoms with E-state index in [4.69, 9.17) is 0 Å². The van der Waals surface area contributed by atoms with Crippen LogP contribution in [0, 0.1) is 29.1 Å². The van der Waals surface area contributed by atoms with Crippen molar-refractivity contribution in [3.8, 4) is 44.9 Å². The van der Waals surface area contributed by atoms with Gasteiger partial charge in [0.1, 0.15) is 29.0 Å². The lowest BCUT2D eigenvalue weighted by Crippen LogP contribution is -2.23. The molecule has 2 nitrogen and oxygen atoms in total. The van der Waals surface area contributed by atoms with Gasteiger partial charge in [0.05, 0.1) is 5.56 Å². The summed E-state index contributed by atoms with van der Waals surface area (Å²) in [5, 5.41) is 0. The van der Waals surface area contributed by atoms with Crippen molar-refractivity contribution in [2.24, 2.45) is 0 Å². The van der Waals surface area contributed by atoms with Crippen molar-refractivity contribution in [2.45, 2.75) is 45.1 Å². The standard InChI is InChI=1S/C37H26F10O2/c1-2-3-4-5-21-6-11-26(30(38)16-21)22-7-12-27(31(39)17-22)23-8-13-28(32(40)18-23)24-9-14-29(33(41)19-24)36(43,44)48-25-10-15-35(34(42)20-25)49-37(45,46)47/h6-20H,2-5H2,1H3. The number of halogens is 10. The highest BCUT2D eigenvalue weighted by Crippen LogP contribution is 2.38. The van der Waals surface area contributed by atoms with Gasteiger partial charge in [-0.2, -0.15) is 8.78 Å². The lowest BCUT2D eigenvalue weighted by atomic mass is 9.95. The van der Waals surface area contributed by atoms with Crippen LogP contribution in [0.2, 0.25) is 0 Å². The Morgan fingerprint density at radius 3 is 1.53 bits per heavy atom. The number of aryl methyl sites for hydroxylation is 1. The molecule has 0 fully saturated rings. The molecule has 0 heterocycles. The number of ether oxygens (including phenoxy) is 2. The lowest BCUT2D eigenvalue weighted by Gasteiger charge is -2.20. The van der Waals surface area contributed by atoms with E-state index in [2.05, 4.69) is 16.4 Å². The van der Waals surface area contributed by atoms with E-state index in [9.17, 15) is 35.1 Å². The van der Waals surface area contributed by atoms with Gasteiger partial charge in [-0.25, -0.2) is 22.0 Å². The lowest BCUT2D eigenvalue weighted by molar-refractivity contribution is -0.275. The third kappa shape index (κ3) is 8.36. The molecular formula is C37H26F10O2. The molecule has 0 bridgehead atoms. The molecule has 0 aliphatic carbocycles. The molecule has 0 aliphatic heterocycles. The number of unbranched alkanes of at least 4 members (excludes halogenated alkanes) is 2. The molecule has 0 atom stereocenters. The molecule has 256 valence electrons. The van der Waals surface area contributed by atoms with Crippen molar-refractivity contribution in [3.05, 3.63) is 131 Å². The van der Waals surface area contributed by atoms with Gasteiger partial charge in [0.25, 0.3) is 0 Å². The molecule has 5 aromatic rings. The Hall–Kier alpha value is -5.00. The van der Waals surface area contributed by atoms with Crippen molar-refractivity contribution >= 4 is 0 Å². The summed E-state index contributed by atoms with van der Waals surface area (Å²) in [7, 11) is 0. The SMILES string of the molecule is CCCCCc1ccc(-c2ccc(-c3ccc(-c4ccc(C(F)(F)Oc5ccc(OC(F)(F)F)c(F)c5)c(F)c4)c(F)c3)c(F)c2)c(F)c1. The molecule has 0 saturated heterocycles. The van der Waals surface area contributed by atoms with Crippen LogP contribution in [0.3, 0.4) is 0 Å². The summed E-state index contributed by atoms with van der Waals surface area (Å²) < 4.78 is 149. The zero-order chi connectivity index (χ0) is 35.5. The maximum Gasteiger partial charge on any atom is 0.573 e. The van der Waals surface area contributed by atoms with E-state index in [1.807, 2.05) is 0 Å². The minimum absolute atomic E-state index is 0.00134. The van der Waals surface area contributed by atoms with Crippen molar-refractivity contribution in [3.63, 3.8) is 0 Å². The Morgan fingerprint density at radius 2 is 1.04 bits per heavy atom. The quantitative estimate of drug-likeness (QED) is 0.101. The highest BCUT2D eigenvalue weighted by atomic mass is 19.4. The predicted molar refractivity (Wildman–Crippen MR) is 163 cm³/mol. The van der Waals surface area contributed by atoms with Crippen LogP contribution < -0.4 is 9.47 Å². The van der Waals surface area contributed by atoms with E-state index in [-0.39, 0.29) is 39.4 Å². The van der Waals surface area contributed by atoms with Crippen LogP contribution in [0.5, 0.6) is 11.5 Å². The fourth-order valence-corrected chi connectivity index (χ4v) is 5.24. The van der Waals surface area contributed by atoms with Gasteiger partial charge in [0.2, 0.25) is 0 Å². The molecule has 5 rings (SSSR count). The van der Waals surface area contributed by atoms with Crippen LogP contribution in [-0.2, 0) is 12.5 Å². The number of rotatable bonds is 11. The Labute approximate surface area is 274 Å². The first kappa shape index (κ1) is 35.3. The fourth-order valence-electron chi connectivity index (χ4n) is 5.24. The van der Waals surface area contributed by atoms with Gasteiger partial charge in [0, 0.05) is 22.8 Å². The molecule has 0 aliphatic rings. The molecule has 0 amide bonds. The second-order valence-corrected chi connectivity index (χ2v) is 11.1. The van der Waals surface area contributed by atoms with Gasteiger partial charge in [-0.05, 0) is 77.6 Å². The number of benzene rings is 5. The molecule has 49 heavy (non-hydrogen) atoms. The largest absolute Gasteiger partial charge is 0.573 e. The third-order valence-corrected chi connectivity index (χ3v) is 7.63. The zero-order valence-electron chi connectivity index (χ0n) is 25.6. The molecule has 0 unspecified atom stereocenters. The molecule has 0 radical (unpaired) electrons. The van der Waals surface area contributed by atoms with Crippen molar-refractivity contribution < 1.29 is 53.4 Å². The molecule has 0 aromatic heterocycles. The van der Waals surface area contributed by atoms with Crippen LogP contribution in [0.15, 0.2) is 91.0 Å². The van der Waals surface area contributed by atoms with Gasteiger partial charge >= 0.3 is 12.5 Å². The topological polar surface area (TPSA) is 18.5 Å². The third-order valence-electron chi connectivity index (χ3n) is 7.63. The monoisotopic (exact) mass is 692 g/mol. The highest BCUT2D eigenvalue weighted by Gasteiger charge is 2.38. The Bertz CT molecular complexity index is 1970. The molecule has 0 saturated carbocycles. The van der Waals surface area contributed by atoms with E-state index < -0.39 is 58.6 Å². The number of hydrogen-bond donors (Lipinski definition) is 0. The van der Waals surface area contributed by atoms with Crippen molar-refractivity contribution in [2.75, 3.05) is 0 Å². The second-order valence-electron chi connectivity index (χ2n) is 11.1. The maximum atomic E-state index is 15.2. The normalized spacial score (nSPS) is 11.9. The van der Waals surface area contributed by atoms with Gasteiger partial charge in [0.15, 0.2) is 11.6 Å². The Balaban J connectivity index is 1.33. The number of hydrogen-bond acceptors (Lipinski definition) is 2. The Morgan fingerprint density at radius 1 is 0.510 bits per heavy atom. The van der Waals surface area contributed by atoms with E-state index in [1.165, 1.54) is 30.3 Å². The summed E-state index contributed by atoms with van der Waals surface area (Å²) in [4.78, 5) is 0. The first-order chi connectivity index (χ1) is 23.1. The van der Waals surface area contributed by atoms with E-state index in [0.29, 0.717) is 24.3 Å². The van der Waals surface area contributed by atoms with Gasteiger partial charge < -0.3 is 9.47 Å². The van der Waals surface area contributed by atoms with Crippen molar-refractivity contribution in [1.29, 1.82) is 0 Å². The van der Waals surface area contributed by atoms with Crippen LogP contribution in [-0.4, -0.2) is 6.36 Å². The van der Waals surface area contributed by atoms with Crippen LogP contribution in [0.25, 0.3) is 33.4 Å². The fraction of sp³-hybridized carbons (Fsp3) is 0.189. The smallest absolute Gasteiger partial charge is 0.429 e. The summed E-state index contributed by atoms with van der Waals surface area (Å²) in [5.74, 6) is -7.60. The summed E-state index contributed by atoms with van der Waals surface area (Å²) >= 11 is 0. The van der Waals surface area contributed by atoms with Crippen LogP contribution >= 0.6 is 0 Å². The predicted octanol–water partition coefficient (Wildman–Crippen LogP) is 12.1. The molecule has 0 spiro atoms. The molecule has 0 N–H and O–H groups in total. The first-order valence-electron chi connectivity index (χ1n) is 15.0. The van der Waals surface area contributed by atoms with E-state index in [1.54, 1.807) is 12.1 Å². The first-order valence-corrected chi connectivity index (χ1v) is 15.0. The summed E-state index contributed by atoms with van der Waals surface area (Å²) in [6.45, 7) is 2.07. The van der Waals surface area contributed by atoms with Crippen molar-refractivity contribution in [1.82, 2.24) is 0 Å². The van der Waals surface area contributed by atoms with Gasteiger partial charge in [-0.3, -0.25) is 0 Å². The maximum absolute atomic E-state index is 15.2. The molecule has 12 heteroatoms. The number of alkyl halides is 5. The van der Waals surface area contributed by atoms with Gasteiger partial charge in [-0.1, -0.05) is 62.2 Å². The molecule has 5 aromatic carbocycles. The van der Waals surface area contributed by atoms with E-state index in [0.717, 1.165) is 49.4 Å². The highest BCUT2D eigenvalue weighted by molar-refractivity contribution is 5.74. The zero-order valence-corrected chi connectivity index (χ0v) is 25.6. The minimum Gasteiger partial charge on any atom is -0.429 e.